The Bertz CT molecular complexity index is 7400. The van der Waals surface area contributed by atoms with Crippen LogP contribution in [0, 0.1) is 0 Å². The highest BCUT2D eigenvalue weighted by Crippen LogP contribution is 2.42. The largest absolute Gasteiger partial charge is 0.309 e. The quantitative estimate of drug-likeness (QED) is 0.158. The van der Waals surface area contributed by atoms with Gasteiger partial charge in [-0.15, -0.1) is 0 Å². The zero-order valence-electron chi connectivity index (χ0n) is 75.2. The summed E-state index contributed by atoms with van der Waals surface area (Å²) in [6.45, 7) is 33.3. The Morgan fingerprint density at radius 2 is 0.455 bits per heavy atom. The predicted octanol–water partition coefficient (Wildman–Crippen LogP) is 33.3. The van der Waals surface area contributed by atoms with Gasteiger partial charge in [-0.2, -0.15) is 15.0 Å². The smallest absolute Gasteiger partial charge is 0.239 e. The Hall–Kier alpha value is -14.7. The third-order valence-corrected chi connectivity index (χ3v) is 23.8. The molecule has 0 bridgehead atoms. The Balaban J connectivity index is 0.000000141. The molecule has 11 nitrogen and oxygen atoms in total. The van der Waals surface area contributed by atoms with Crippen molar-refractivity contribution in [3.63, 3.8) is 0 Å². The van der Waals surface area contributed by atoms with Gasteiger partial charge in [0.2, 0.25) is 11.9 Å². The molecule has 132 heavy (non-hydrogen) atoms. The summed E-state index contributed by atoms with van der Waals surface area (Å²) < 4.78 is 11.4. The van der Waals surface area contributed by atoms with Gasteiger partial charge in [0.1, 0.15) is 11.6 Å². The normalized spacial score (nSPS) is 11.6. The monoisotopic (exact) mass is 1730 g/mol. The molecule has 0 amide bonds. The third-order valence-electron chi connectivity index (χ3n) is 23.8. The van der Waals surface area contributed by atoms with Crippen LogP contribution in [0.5, 0.6) is 0 Å². The molecule has 0 saturated carbocycles. The lowest BCUT2D eigenvalue weighted by atomic mass is 9.84. The molecule has 0 radical (unpaired) electrons. The number of aromatic nitrogens is 11. The standard InChI is InChI=1S/C31H25N5.3C22H21N.C19H19N3.5CH4/c1-31(2,3)28-32-29(35-24-16-8-4-12-20(24)21-13-5-9-17-25(21)35)34-30(33-28)36-26-18-10-6-14-22(26)23-15-7-11-19-27(23)36;1-22(2,3)18-13-9-15-20-21(18)17-12-7-8-14-19(17)23(20)16-10-5-4-6-11-16;1-22(2,3)16-13-14-21-19(15-16)18-11-7-8-12-20(18)23(21)17-9-5-4-6-10-17;1-22(2,3)16-13-14-19-18-11-7-8-12-20(18)23(21(19)15-16)17-9-5-4-6-10-17;1-19(2,3)18-21-16(14-10-6-4-7-11-14)20-17(22-18)15-12-8-5-9-13-15;;;;;/h4-19H,1-3H3;3*4-15H,1-3H3;4-13H,1-3H3;5*1H4. The Labute approximate surface area is 780 Å². The fourth-order valence-electron chi connectivity index (χ4n) is 17.4. The highest BCUT2D eigenvalue weighted by atomic mass is 15.3. The van der Waals surface area contributed by atoms with Crippen molar-refractivity contribution in [2.45, 2.75) is 168 Å². The van der Waals surface area contributed by atoms with Crippen molar-refractivity contribution in [2.24, 2.45) is 0 Å². The molecule has 0 N–H and O–H groups in total. The van der Waals surface area contributed by atoms with Gasteiger partial charge < -0.3 is 13.7 Å². The number of rotatable bonds is 7. The SMILES string of the molecule is C.C.C.C.C.CC(C)(C)c1ccc2c(c1)c1ccccc1n2-c1ccccc1.CC(C)(C)c1ccc2c3ccccc3n(-c3ccccc3)c2c1.CC(C)(C)c1cccc2c1c1ccccc1n2-c1ccccc1.CC(C)(C)c1nc(-c2ccccc2)nc(-c2ccccc2)n1.CC(C)(C)c1nc(-n2c3ccccc3c3ccccc32)nc(-n2c3ccccc3c3ccccc32)n1. The Kier molecular flexibility index (Phi) is 27.7. The van der Waals surface area contributed by atoms with E-state index in [1.165, 1.54) is 121 Å². The van der Waals surface area contributed by atoms with Crippen molar-refractivity contribution >= 4 is 109 Å². The van der Waals surface area contributed by atoms with Crippen LogP contribution < -0.4 is 0 Å². The second kappa shape index (κ2) is 38.5. The summed E-state index contributed by atoms with van der Waals surface area (Å²) in [6, 6.07) is 132. The summed E-state index contributed by atoms with van der Waals surface area (Å²) in [5.74, 6) is 4.26. The molecule has 11 heteroatoms. The number of hydrogen-bond donors (Lipinski definition) is 0. The van der Waals surface area contributed by atoms with E-state index in [0.717, 1.165) is 56.5 Å². The van der Waals surface area contributed by atoms with Crippen molar-refractivity contribution in [3.05, 3.63) is 404 Å². The first-order valence-electron chi connectivity index (χ1n) is 44.1. The lowest BCUT2D eigenvalue weighted by Crippen LogP contribution is -2.20. The van der Waals surface area contributed by atoms with E-state index >= 15 is 0 Å². The van der Waals surface area contributed by atoms with Crippen molar-refractivity contribution in [1.29, 1.82) is 0 Å². The molecule has 0 aliphatic carbocycles. The number of hydrogen-bond acceptors (Lipinski definition) is 6. The second-order valence-corrected chi connectivity index (χ2v) is 38.0. The molecule has 0 aliphatic heterocycles. The lowest BCUT2D eigenvalue weighted by molar-refractivity contribution is 0.537. The highest BCUT2D eigenvalue weighted by Gasteiger charge is 2.28. The Morgan fingerprint density at radius 3 is 0.818 bits per heavy atom. The van der Waals surface area contributed by atoms with Gasteiger partial charge in [0.05, 0.1) is 55.2 Å². The number of para-hydroxylation sites is 10. The highest BCUT2D eigenvalue weighted by molar-refractivity contribution is 6.14. The molecule has 0 saturated heterocycles. The molecule has 22 aromatic rings. The van der Waals surface area contributed by atoms with Crippen LogP contribution in [0.15, 0.2) is 376 Å². The fraction of sp³-hybridized carbons (Fsp3) is 0.207. The van der Waals surface area contributed by atoms with Gasteiger partial charge in [-0.3, -0.25) is 9.13 Å². The molecule has 0 unspecified atom stereocenters. The molecule has 15 aromatic carbocycles. The van der Waals surface area contributed by atoms with E-state index in [9.17, 15) is 0 Å². The van der Waals surface area contributed by atoms with Crippen LogP contribution >= 0.6 is 0 Å². The maximum Gasteiger partial charge on any atom is 0.239 e. The minimum atomic E-state index is -0.260. The lowest BCUT2D eigenvalue weighted by Gasteiger charge is -2.20. The summed E-state index contributed by atoms with van der Waals surface area (Å²) in [5, 5.41) is 12.7. The average molecular weight is 1740 g/mol. The van der Waals surface area contributed by atoms with E-state index in [2.05, 4.69) is 457 Å². The number of nitrogens with zero attached hydrogens (tertiary/aromatic N) is 11. The minimum absolute atomic E-state index is 0. The van der Waals surface area contributed by atoms with Gasteiger partial charge in [0.15, 0.2) is 11.6 Å². The Morgan fingerprint density at radius 1 is 0.182 bits per heavy atom. The minimum Gasteiger partial charge on any atom is -0.309 e. The molecule has 7 heterocycles. The fourth-order valence-corrected chi connectivity index (χ4v) is 17.4. The van der Waals surface area contributed by atoms with Gasteiger partial charge in [-0.05, 0) is 136 Å². The van der Waals surface area contributed by atoms with Crippen molar-refractivity contribution < 1.29 is 0 Å². The van der Waals surface area contributed by atoms with Crippen molar-refractivity contribution in [3.8, 4) is 51.7 Å². The van der Waals surface area contributed by atoms with Crippen LogP contribution in [-0.2, 0) is 27.1 Å². The van der Waals surface area contributed by atoms with E-state index in [1.54, 1.807) is 0 Å². The van der Waals surface area contributed by atoms with E-state index in [4.69, 9.17) is 15.0 Å². The topological polar surface area (TPSA) is 102 Å². The second-order valence-electron chi connectivity index (χ2n) is 38.0. The van der Waals surface area contributed by atoms with Crippen LogP contribution in [0.3, 0.4) is 0 Å². The molecule has 0 atom stereocenters. The van der Waals surface area contributed by atoms with Gasteiger partial charge >= 0.3 is 0 Å². The first kappa shape index (κ1) is 94.9. The number of fused-ring (bicyclic) bond motifs is 15. The van der Waals surface area contributed by atoms with E-state index in [1.807, 2.05) is 60.7 Å². The average Bonchev–Trinajstić information content (AvgIpc) is 1.59. The van der Waals surface area contributed by atoms with Crippen molar-refractivity contribution in [2.75, 3.05) is 0 Å². The van der Waals surface area contributed by atoms with Gasteiger partial charge in [0.25, 0.3) is 0 Å². The van der Waals surface area contributed by atoms with Crippen LogP contribution in [0.25, 0.3) is 161 Å². The van der Waals surface area contributed by atoms with Gasteiger partial charge in [-0.25, -0.2) is 15.0 Å². The van der Waals surface area contributed by atoms with E-state index in [0.29, 0.717) is 11.9 Å². The maximum absolute atomic E-state index is 5.14. The molecule has 0 spiro atoms. The van der Waals surface area contributed by atoms with Crippen molar-refractivity contribution in [1.82, 2.24) is 52.7 Å². The van der Waals surface area contributed by atoms with Crippen LogP contribution in [0.1, 0.15) is 169 Å². The zero-order chi connectivity index (χ0) is 88.1. The predicted molar refractivity (Wildman–Crippen MR) is 569 cm³/mol. The summed E-state index contributed by atoms with van der Waals surface area (Å²) in [5.41, 5.74) is 21.8. The van der Waals surface area contributed by atoms with Crippen LogP contribution in [0.4, 0.5) is 0 Å². The first-order valence-corrected chi connectivity index (χ1v) is 44.1. The summed E-state index contributed by atoms with van der Waals surface area (Å²) >= 11 is 0. The summed E-state index contributed by atoms with van der Waals surface area (Å²) in [4.78, 5) is 29.2. The molecule has 7 aromatic heterocycles. The van der Waals surface area contributed by atoms with Gasteiger partial charge in [-0.1, -0.05) is 414 Å². The van der Waals surface area contributed by atoms with Crippen LogP contribution in [0.2, 0.25) is 0 Å². The molecule has 0 aliphatic rings. The molecule has 0 fully saturated rings. The molecular weight excluding hydrogens is 1610 g/mol. The summed E-state index contributed by atoms with van der Waals surface area (Å²) in [7, 11) is 0. The molecule has 22 rings (SSSR count). The van der Waals surface area contributed by atoms with E-state index < -0.39 is 0 Å². The summed E-state index contributed by atoms with van der Waals surface area (Å²) in [6.07, 6.45) is 0. The van der Waals surface area contributed by atoms with Crippen LogP contribution in [-0.4, -0.2) is 52.7 Å². The third kappa shape index (κ3) is 18.6. The molecule has 666 valence electrons. The number of benzene rings is 15. The van der Waals surface area contributed by atoms with Gasteiger partial charge in [0, 0.05) is 92.9 Å². The molecular formula is C121H127N11. The first-order chi connectivity index (χ1) is 61.2. The van der Waals surface area contributed by atoms with E-state index in [-0.39, 0.29) is 64.2 Å². The zero-order valence-corrected chi connectivity index (χ0v) is 75.2. The maximum atomic E-state index is 5.14.